The molecule has 0 N–H and O–H groups in total. The molecular formula is C14H19N3O3. The molecule has 2 amide bonds. The van der Waals surface area contributed by atoms with Crippen molar-refractivity contribution in [1.82, 2.24) is 14.4 Å². The molecule has 20 heavy (non-hydrogen) atoms. The average Bonchev–Trinajstić information content (AvgIpc) is 2.64. The lowest BCUT2D eigenvalue weighted by Gasteiger charge is -2.31. The number of ketones is 1. The number of hydrogen-bond donors (Lipinski definition) is 0. The third kappa shape index (κ3) is 2.45. The van der Waals surface area contributed by atoms with Gasteiger partial charge in [0.15, 0.2) is 5.78 Å². The van der Waals surface area contributed by atoms with E-state index in [0.717, 1.165) is 11.4 Å². The van der Waals surface area contributed by atoms with Crippen LogP contribution in [0.1, 0.15) is 21.7 Å². The van der Waals surface area contributed by atoms with E-state index in [1.54, 1.807) is 7.05 Å². The number of hydrogen-bond acceptors (Lipinski definition) is 3. The Morgan fingerprint density at radius 3 is 2.35 bits per heavy atom. The summed E-state index contributed by atoms with van der Waals surface area (Å²) in [5, 5.41) is 0. The molecule has 2 heterocycles. The molecule has 1 fully saturated rings. The minimum absolute atomic E-state index is 0.0219. The van der Waals surface area contributed by atoms with E-state index < -0.39 is 0 Å². The largest absolute Gasteiger partial charge is 0.351 e. The second kappa shape index (κ2) is 5.11. The van der Waals surface area contributed by atoms with Crippen LogP contribution in [-0.4, -0.2) is 58.6 Å². The molecule has 0 aromatic carbocycles. The predicted octanol–water partition coefficient (Wildman–Crippen LogP) is 0.125. The first-order valence-electron chi connectivity index (χ1n) is 6.49. The van der Waals surface area contributed by atoms with Gasteiger partial charge in [-0.15, -0.1) is 0 Å². The van der Waals surface area contributed by atoms with E-state index in [9.17, 15) is 14.4 Å². The van der Waals surface area contributed by atoms with Crippen LogP contribution < -0.4 is 0 Å². The number of Topliss-reactive ketones (excluding diaryl/α,β-unsaturated/α-hetero) is 1. The highest BCUT2D eigenvalue weighted by molar-refractivity contribution is 6.02. The summed E-state index contributed by atoms with van der Waals surface area (Å²) in [6.07, 6.45) is 0. The van der Waals surface area contributed by atoms with Gasteiger partial charge in [0, 0.05) is 31.0 Å². The van der Waals surface area contributed by atoms with Gasteiger partial charge in [-0.3, -0.25) is 14.4 Å². The summed E-state index contributed by atoms with van der Waals surface area (Å²) in [6, 6.07) is 1.82. The summed E-state index contributed by atoms with van der Waals surface area (Å²) in [7, 11) is 3.48. The highest BCUT2D eigenvalue weighted by atomic mass is 16.2. The van der Waals surface area contributed by atoms with Crippen molar-refractivity contribution in [2.24, 2.45) is 7.05 Å². The number of carbonyl (C=O) groups excluding carboxylic acids is 3. The molecule has 6 nitrogen and oxygen atoms in total. The van der Waals surface area contributed by atoms with Gasteiger partial charge >= 0.3 is 0 Å². The molecule has 1 aliphatic heterocycles. The molecule has 1 aromatic heterocycles. The normalized spacial score (nSPS) is 16.0. The number of amides is 2. The molecule has 1 aromatic rings. The molecule has 6 heteroatoms. The number of piperazine rings is 1. The van der Waals surface area contributed by atoms with Crippen LogP contribution in [0.4, 0.5) is 0 Å². The third-order valence-corrected chi connectivity index (χ3v) is 3.89. The molecule has 0 spiro atoms. The van der Waals surface area contributed by atoms with E-state index in [1.807, 2.05) is 31.5 Å². The van der Waals surface area contributed by atoms with Crippen LogP contribution in [0.2, 0.25) is 0 Å². The van der Waals surface area contributed by atoms with E-state index in [2.05, 4.69) is 0 Å². The van der Waals surface area contributed by atoms with Gasteiger partial charge < -0.3 is 14.4 Å². The first-order valence-corrected chi connectivity index (χ1v) is 6.49. The first-order chi connectivity index (χ1) is 9.31. The van der Waals surface area contributed by atoms with Crippen LogP contribution >= 0.6 is 0 Å². The molecule has 2 rings (SSSR count). The molecule has 108 valence electrons. The summed E-state index contributed by atoms with van der Waals surface area (Å²) in [6.45, 7) is 3.78. The van der Waals surface area contributed by atoms with Gasteiger partial charge in [0.1, 0.15) is 6.54 Å². The van der Waals surface area contributed by atoms with Crippen molar-refractivity contribution in [3.8, 4) is 0 Å². The van der Waals surface area contributed by atoms with Gasteiger partial charge in [-0.2, -0.15) is 0 Å². The van der Waals surface area contributed by atoms with Crippen molar-refractivity contribution in [1.29, 1.82) is 0 Å². The van der Waals surface area contributed by atoms with E-state index in [0.29, 0.717) is 5.56 Å². The number of carbonyl (C=O) groups is 3. The quantitative estimate of drug-likeness (QED) is 0.738. The summed E-state index contributed by atoms with van der Waals surface area (Å²) in [5.74, 6) is -0.457. The first kappa shape index (κ1) is 14.3. The maximum Gasteiger partial charge on any atom is 0.243 e. The number of aryl methyl sites for hydroxylation is 1. The Morgan fingerprint density at radius 2 is 1.80 bits per heavy atom. The topological polar surface area (TPSA) is 62.6 Å². The van der Waals surface area contributed by atoms with Gasteiger partial charge in [0.05, 0.1) is 13.1 Å². The molecule has 0 saturated carbocycles. The van der Waals surface area contributed by atoms with Crippen LogP contribution in [0.15, 0.2) is 6.07 Å². The smallest absolute Gasteiger partial charge is 0.243 e. The van der Waals surface area contributed by atoms with Gasteiger partial charge in [-0.1, -0.05) is 0 Å². The summed E-state index contributed by atoms with van der Waals surface area (Å²) >= 11 is 0. The van der Waals surface area contributed by atoms with Crippen LogP contribution in [0.25, 0.3) is 0 Å². The fourth-order valence-corrected chi connectivity index (χ4v) is 2.30. The van der Waals surface area contributed by atoms with Crippen LogP contribution in [0.5, 0.6) is 0 Å². The Morgan fingerprint density at radius 1 is 1.15 bits per heavy atom. The molecule has 1 saturated heterocycles. The zero-order chi connectivity index (χ0) is 15.0. The minimum Gasteiger partial charge on any atom is -0.351 e. The van der Waals surface area contributed by atoms with Crippen molar-refractivity contribution in [2.75, 3.05) is 26.7 Å². The molecule has 0 unspecified atom stereocenters. The Bertz CT molecular complexity index is 589. The predicted molar refractivity (Wildman–Crippen MR) is 73.4 cm³/mol. The van der Waals surface area contributed by atoms with Crippen molar-refractivity contribution >= 4 is 17.6 Å². The van der Waals surface area contributed by atoms with E-state index in [4.69, 9.17) is 0 Å². The molecule has 0 aliphatic carbocycles. The van der Waals surface area contributed by atoms with Gasteiger partial charge in [-0.25, -0.2) is 0 Å². The second-order valence-corrected chi connectivity index (χ2v) is 5.27. The van der Waals surface area contributed by atoms with Crippen molar-refractivity contribution in [3.05, 3.63) is 23.0 Å². The molecule has 0 bridgehead atoms. The molecule has 1 aliphatic rings. The summed E-state index contributed by atoms with van der Waals surface area (Å²) < 4.78 is 1.93. The van der Waals surface area contributed by atoms with Crippen LogP contribution in [-0.2, 0) is 16.6 Å². The second-order valence-electron chi connectivity index (χ2n) is 5.27. The van der Waals surface area contributed by atoms with Crippen molar-refractivity contribution in [2.45, 2.75) is 13.8 Å². The summed E-state index contributed by atoms with van der Waals surface area (Å²) in [4.78, 5) is 38.5. The Labute approximate surface area is 117 Å². The molecular weight excluding hydrogens is 258 g/mol. The number of aromatic nitrogens is 1. The molecule has 0 radical (unpaired) electrons. The van der Waals surface area contributed by atoms with E-state index in [1.165, 1.54) is 9.80 Å². The Hall–Kier alpha value is -2.11. The highest BCUT2D eigenvalue weighted by Crippen LogP contribution is 2.15. The lowest BCUT2D eigenvalue weighted by Crippen LogP contribution is -2.53. The fraction of sp³-hybridized carbons (Fsp3) is 0.500. The summed E-state index contributed by atoms with van der Waals surface area (Å²) in [5.41, 5.74) is 2.48. The van der Waals surface area contributed by atoms with Gasteiger partial charge in [0.25, 0.3) is 0 Å². The standard InChI is InChI=1S/C14H19N3O3/c1-9-5-11(10(2)16(9)4)12(18)6-17-8-13(19)15(3)7-14(17)20/h5H,6-8H2,1-4H3. The monoisotopic (exact) mass is 277 g/mol. The number of likely N-dealkylation sites (N-methyl/N-ethyl adjacent to an activating group) is 1. The zero-order valence-electron chi connectivity index (χ0n) is 12.3. The molecule has 0 atom stereocenters. The Balaban J connectivity index is 2.13. The zero-order valence-corrected chi connectivity index (χ0v) is 12.3. The minimum atomic E-state index is -0.189. The van der Waals surface area contributed by atoms with Crippen LogP contribution in [0.3, 0.4) is 0 Å². The third-order valence-electron chi connectivity index (χ3n) is 3.89. The maximum atomic E-state index is 12.3. The van der Waals surface area contributed by atoms with E-state index >= 15 is 0 Å². The fourth-order valence-electron chi connectivity index (χ4n) is 2.30. The lowest BCUT2D eigenvalue weighted by molar-refractivity contribution is -0.148. The maximum absolute atomic E-state index is 12.3. The average molecular weight is 277 g/mol. The van der Waals surface area contributed by atoms with Crippen molar-refractivity contribution in [3.63, 3.8) is 0 Å². The van der Waals surface area contributed by atoms with E-state index in [-0.39, 0.29) is 37.2 Å². The van der Waals surface area contributed by atoms with Crippen LogP contribution in [0, 0.1) is 13.8 Å². The highest BCUT2D eigenvalue weighted by Gasteiger charge is 2.29. The lowest BCUT2D eigenvalue weighted by atomic mass is 10.1. The van der Waals surface area contributed by atoms with Gasteiger partial charge in [0.2, 0.25) is 11.8 Å². The Kier molecular flexibility index (Phi) is 3.65. The number of nitrogens with zero attached hydrogens (tertiary/aromatic N) is 3. The number of rotatable bonds is 3. The van der Waals surface area contributed by atoms with Gasteiger partial charge in [-0.05, 0) is 19.9 Å². The van der Waals surface area contributed by atoms with Crippen molar-refractivity contribution < 1.29 is 14.4 Å². The SMILES string of the molecule is Cc1cc(C(=O)CN2CC(=O)N(C)CC2=O)c(C)n1C.